The van der Waals surface area contributed by atoms with Gasteiger partial charge in [0.1, 0.15) is 6.04 Å². The number of carbonyl (C=O) groups is 2. The summed E-state index contributed by atoms with van der Waals surface area (Å²) >= 11 is 0. The fraction of sp³-hybridized carbons (Fsp3) is 0.269. The minimum atomic E-state index is -3.08. The molecule has 1 amide bonds. The fourth-order valence-corrected chi connectivity index (χ4v) is 4.12. The SMILES string of the molecule is C/C(=C\c1ccncc1)c1ccc2nccc(C(=O)CCC(=O)N3CC(F)(F)C[C@H]3C#N)c2c1. The number of rotatable bonds is 6. The van der Waals surface area contributed by atoms with Crippen molar-refractivity contribution >= 4 is 34.2 Å². The molecule has 4 rings (SSSR count). The van der Waals surface area contributed by atoms with Crippen LogP contribution in [0.2, 0.25) is 0 Å². The monoisotopic (exact) mass is 460 g/mol. The van der Waals surface area contributed by atoms with Crippen LogP contribution in [0.4, 0.5) is 8.78 Å². The molecule has 0 saturated carbocycles. The molecular formula is C26H22F2N4O2. The molecule has 0 radical (unpaired) electrons. The van der Waals surface area contributed by atoms with Crippen molar-refractivity contribution in [3.05, 3.63) is 71.7 Å². The highest BCUT2D eigenvalue weighted by atomic mass is 19.3. The summed E-state index contributed by atoms with van der Waals surface area (Å²) in [5.41, 5.74) is 3.96. The molecule has 6 nitrogen and oxygen atoms in total. The van der Waals surface area contributed by atoms with Crippen LogP contribution in [0.25, 0.3) is 22.6 Å². The lowest BCUT2D eigenvalue weighted by Gasteiger charge is -2.18. The molecule has 1 saturated heterocycles. The van der Waals surface area contributed by atoms with Crippen molar-refractivity contribution in [3.8, 4) is 6.07 Å². The number of aromatic nitrogens is 2. The Morgan fingerprint density at radius 2 is 1.94 bits per heavy atom. The Morgan fingerprint density at radius 1 is 1.18 bits per heavy atom. The van der Waals surface area contributed by atoms with Crippen LogP contribution in [0, 0.1) is 11.3 Å². The quantitative estimate of drug-likeness (QED) is 0.488. The van der Waals surface area contributed by atoms with E-state index < -0.39 is 30.8 Å². The minimum Gasteiger partial charge on any atom is -0.320 e. The van der Waals surface area contributed by atoms with E-state index in [9.17, 15) is 18.4 Å². The normalized spacial score (nSPS) is 17.5. The Hall–Kier alpha value is -3.99. The number of hydrogen-bond acceptors (Lipinski definition) is 5. The van der Waals surface area contributed by atoms with E-state index in [1.165, 1.54) is 6.20 Å². The third kappa shape index (κ3) is 4.99. The van der Waals surface area contributed by atoms with Crippen LogP contribution in [0.15, 0.2) is 55.0 Å². The summed E-state index contributed by atoms with van der Waals surface area (Å²) in [5.74, 6) is -3.99. The first kappa shape index (κ1) is 23.2. The number of carbonyl (C=O) groups excluding carboxylic acids is 2. The number of nitriles is 1. The first-order valence-corrected chi connectivity index (χ1v) is 10.8. The molecule has 0 spiro atoms. The van der Waals surface area contributed by atoms with Gasteiger partial charge < -0.3 is 4.90 Å². The van der Waals surface area contributed by atoms with Crippen molar-refractivity contribution in [1.82, 2.24) is 14.9 Å². The number of alkyl halides is 2. The Bertz CT molecular complexity index is 1320. The maximum Gasteiger partial charge on any atom is 0.268 e. The van der Waals surface area contributed by atoms with Crippen LogP contribution in [-0.2, 0) is 4.79 Å². The van der Waals surface area contributed by atoms with Gasteiger partial charge in [0, 0.05) is 48.8 Å². The third-order valence-corrected chi connectivity index (χ3v) is 5.89. The fourth-order valence-electron chi connectivity index (χ4n) is 4.12. The van der Waals surface area contributed by atoms with Crippen molar-refractivity contribution in [2.24, 2.45) is 0 Å². The first-order valence-electron chi connectivity index (χ1n) is 10.8. The van der Waals surface area contributed by atoms with E-state index in [0.717, 1.165) is 21.6 Å². The van der Waals surface area contributed by atoms with Crippen LogP contribution in [0.1, 0.15) is 47.7 Å². The number of nitrogens with zero attached hydrogens (tertiary/aromatic N) is 4. The van der Waals surface area contributed by atoms with Crippen molar-refractivity contribution in [2.75, 3.05) is 6.54 Å². The first-order chi connectivity index (χ1) is 16.3. The lowest BCUT2D eigenvalue weighted by atomic mass is 9.97. The summed E-state index contributed by atoms with van der Waals surface area (Å²) in [7, 11) is 0. The van der Waals surface area contributed by atoms with Gasteiger partial charge in [-0.1, -0.05) is 12.1 Å². The van der Waals surface area contributed by atoms with Gasteiger partial charge in [0.2, 0.25) is 5.91 Å². The highest BCUT2D eigenvalue weighted by molar-refractivity contribution is 6.08. The topological polar surface area (TPSA) is 87.0 Å². The average Bonchev–Trinajstić information content (AvgIpc) is 3.16. The van der Waals surface area contributed by atoms with Crippen LogP contribution in [0.3, 0.4) is 0 Å². The van der Waals surface area contributed by atoms with E-state index in [1.54, 1.807) is 24.5 Å². The number of hydrogen-bond donors (Lipinski definition) is 0. The summed E-state index contributed by atoms with van der Waals surface area (Å²) in [4.78, 5) is 34.7. The Morgan fingerprint density at radius 3 is 2.68 bits per heavy atom. The van der Waals surface area contributed by atoms with Gasteiger partial charge in [-0.3, -0.25) is 19.6 Å². The predicted octanol–water partition coefficient (Wildman–Crippen LogP) is 4.91. The molecule has 8 heteroatoms. The van der Waals surface area contributed by atoms with Crippen molar-refractivity contribution < 1.29 is 18.4 Å². The number of ketones is 1. The van der Waals surface area contributed by atoms with E-state index in [0.29, 0.717) is 16.5 Å². The predicted molar refractivity (Wildman–Crippen MR) is 124 cm³/mol. The average molecular weight is 460 g/mol. The molecule has 1 aromatic carbocycles. The lowest BCUT2D eigenvalue weighted by Crippen LogP contribution is -2.36. The molecule has 34 heavy (non-hydrogen) atoms. The Kier molecular flexibility index (Phi) is 6.46. The van der Waals surface area contributed by atoms with Gasteiger partial charge in [-0.15, -0.1) is 0 Å². The Balaban J connectivity index is 1.54. The van der Waals surface area contributed by atoms with Crippen LogP contribution in [-0.4, -0.2) is 45.1 Å². The molecule has 0 unspecified atom stereocenters. The third-order valence-electron chi connectivity index (χ3n) is 5.89. The van der Waals surface area contributed by atoms with Crippen molar-refractivity contribution in [3.63, 3.8) is 0 Å². The molecular weight excluding hydrogens is 438 g/mol. The van der Waals surface area contributed by atoms with Gasteiger partial charge in [-0.05, 0) is 54.0 Å². The molecule has 1 aliphatic rings. The van der Waals surface area contributed by atoms with E-state index in [4.69, 9.17) is 5.26 Å². The minimum absolute atomic E-state index is 0.145. The van der Waals surface area contributed by atoms with E-state index in [1.807, 2.05) is 43.3 Å². The molecule has 172 valence electrons. The van der Waals surface area contributed by atoms with E-state index >= 15 is 0 Å². The molecule has 0 N–H and O–H groups in total. The second kappa shape index (κ2) is 9.48. The molecule has 0 aliphatic carbocycles. The van der Waals surface area contributed by atoms with Gasteiger partial charge in [-0.25, -0.2) is 8.78 Å². The lowest BCUT2D eigenvalue weighted by molar-refractivity contribution is -0.132. The zero-order valence-electron chi connectivity index (χ0n) is 18.5. The van der Waals surface area contributed by atoms with Crippen LogP contribution in [0.5, 0.6) is 0 Å². The van der Waals surface area contributed by atoms with Crippen molar-refractivity contribution in [1.29, 1.82) is 5.26 Å². The molecule has 0 bridgehead atoms. The van der Waals surface area contributed by atoms with Gasteiger partial charge in [0.15, 0.2) is 5.78 Å². The number of halogens is 2. The molecule has 1 atom stereocenters. The number of pyridine rings is 2. The van der Waals surface area contributed by atoms with Gasteiger partial charge in [0.25, 0.3) is 5.92 Å². The number of benzene rings is 1. The largest absolute Gasteiger partial charge is 0.320 e. The zero-order chi connectivity index (χ0) is 24.3. The van der Waals surface area contributed by atoms with E-state index in [-0.39, 0.29) is 18.6 Å². The summed E-state index contributed by atoms with van der Waals surface area (Å²) in [5, 5.41) is 9.75. The van der Waals surface area contributed by atoms with Gasteiger partial charge >= 0.3 is 0 Å². The Labute approximate surface area is 195 Å². The number of fused-ring (bicyclic) bond motifs is 1. The van der Waals surface area contributed by atoms with Crippen molar-refractivity contribution in [2.45, 2.75) is 38.2 Å². The highest BCUT2D eigenvalue weighted by Gasteiger charge is 2.47. The second-order valence-corrected chi connectivity index (χ2v) is 8.35. The molecule has 3 heterocycles. The van der Waals surface area contributed by atoms with Crippen LogP contribution < -0.4 is 0 Å². The second-order valence-electron chi connectivity index (χ2n) is 8.35. The molecule has 1 fully saturated rings. The smallest absolute Gasteiger partial charge is 0.268 e. The molecule has 1 aliphatic heterocycles. The number of allylic oxidation sites excluding steroid dienone is 1. The highest BCUT2D eigenvalue weighted by Crippen LogP contribution is 2.32. The maximum atomic E-state index is 13.6. The summed E-state index contributed by atoms with van der Waals surface area (Å²) in [6, 6.07) is 11.6. The maximum absolute atomic E-state index is 13.6. The molecule has 3 aromatic rings. The van der Waals surface area contributed by atoms with Crippen LogP contribution >= 0.6 is 0 Å². The summed E-state index contributed by atoms with van der Waals surface area (Å²) in [6.07, 6.45) is 5.91. The number of likely N-dealkylation sites (tertiary alicyclic amines) is 1. The van der Waals surface area contributed by atoms with Gasteiger partial charge in [0.05, 0.1) is 18.1 Å². The van der Waals surface area contributed by atoms with Gasteiger partial charge in [-0.2, -0.15) is 5.26 Å². The molecule has 2 aromatic heterocycles. The summed E-state index contributed by atoms with van der Waals surface area (Å²) in [6.45, 7) is 1.18. The zero-order valence-corrected chi connectivity index (χ0v) is 18.5. The standard InChI is InChI=1S/C26H22F2N4O2/c1-17(12-18-6-9-30-10-7-18)19-2-3-23-22(13-19)21(8-11-31-23)24(33)4-5-25(34)32-16-26(27,28)14-20(32)15-29/h2-3,6-13,20H,4-5,14,16H2,1H3/b17-12+/t20-/m0/s1. The van der Waals surface area contributed by atoms with E-state index in [2.05, 4.69) is 9.97 Å². The number of amides is 1. The number of Topliss-reactive ketones (excluding diaryl/α,β-unsaturated/α-hetero) is 1. The summed E-state index contributed by atoms with van der Waals surface area (Å²) < 4.78 is 27.3.